The van der Waals surface area contributed by atoms with Crippen molar-refractivity contribution < 1.29 is 32.6 Å². The molecule has 4 rings (SSSR count). The molecule has 0 saturated heterocycles. The largest absolute Gasteiger partial charge is 0.493 e. The number of sulfonamides is 1. The minimum absolute atomic E-state index is 0.0636. The van der Waals surface area contributed by atoms with E-state index in [1.54, 1.807) is 32.2 Å². The first kappa shape index (κ1) is 25.8. The molecule has 0 unspecified atom stereocenters. The second-order valence-corrected chi connectivity index (χ2v) is 11.4. The number of nitrogens with zero attached hydrogens (tertiary/aromatic N) is 1. The molecule has 36 heavy (non-hydrogen) atoms. The molecule has 0 bridgehead atoms. The van der Waals surface area contributed by atoms with Gasteiger partial charge in [-0.2, -0.15) is 4.31 Å². The Kier molecular flexibility index (Phi) is 7.17. The average molecular weight is 517 g/mol. The molecule has 9 nitrogen and oxygen atoms in total. The number of nitrogens with two attached hydrogens (primary N) is 1. The zero-order valence-corrected chi connectivity index (χ0v) is 21.3. The van der Waals surface area contributed by atoms with Gasteiger partial charge in [-0.25, -0.2) is 18.0 Å². The number of carbonyl (C=O) groups excluding carboxylic acids is 1. The molecule has 2 aromatic rings. The van der Waals surface area contributed by atoms with Crippen LogP contribution in [0.5, 0.6) is 11.5 Å². The number of aryl methyl sites for hydroxylation is 1. The van der Waals surface area contributed by atoms with Crippen molar-refractivity contribution in [3.63, 3.8) is 0 Å². The molecule has 0 heterocycles. The van der Waals surface area contributed by atoms with Crippen LogP contribution in [-0.4, -0.2) is 48.6 Å². The van der Waals surface area contributed by atoms with E-state index in [4.69, 9.17) is 15.2 Å². The van der Waals surface area contributed by atoms with E-state index >= 15 is 0 Å². The van der Waals surface area contributed by atoms with Gasteiger partial charge in [0.1, 0.15) is 0 Å². The Balaban J connectivity index is 1.68. The number of ether oxygens (including phenoxy) is 2. The number of carboxylic acid groups (broad SMARTS) is 1. The fraction of sp³-hybridized carbons (Fsp3) is 0.462. The Morgan fingerprint density at radius 1 is 1.06 bits per heavy atom. The number of rotatable bonds is 8. The molecular formula is C26H32N2O7S. The van der Waals surface area contributed by atoms with Crippen LogP contribution in [0.15, 0.2) is 47.4 Å². The van der Waals surface area contributed by atoms with Gasteiger partial charge >= 0.3 is 12.0 Å². The zero-order valence-electron chi connectivity index (χ0n) is 20.5. The summed E-state index contributed by atoms with van der Waals surface area (Å²) in [5.41, 5.74) is 5.15. The van der Waals surface area contributed by atoms with E-state index in [1.165, 1.54) is 12.1 Å². The van der Waals surface area contributed by atoms with Crippen LogP contribution in [0.25, 0.3) is 0 Å². The minimum atomic E-state index is -4.51. The van der Waals surface area contributed by atoms with Crippen LogP contribution >= 0.6 is 0 Å². The first-order chi connectivity index (χ1) is 17.1. The number of methoxy groups -OCH3 is 1. The van der Waals surface area contributed by atoms with Crippen molar-refractivity contribution >= 4 is 22.0 Å². The van der Waals surface area contributed by atoms with Crippen molar-refractivity contribution in [1.82, 2.24) is 4.31 Å². The Bertz CT molecular complexity index is 1240. The van der Waals surface area contributed by atoms with Crippen LogP contribution < -0.4 is 15.2 Å². The fourth-order valence-corrected chi connectivity index (χ4v) is 7.01. The van der Waals surface area contributed by atoms with E-state index in [-0.39, 0.29) is 29.8 Å². The highest BCUT2D eigenvalue weighted by Gasteiger charge is 2.56. The first-order valence-corrected chi connectivity index (χ1v) is 13.5. The van der Waals surface area contributed by atoms with Crippen LogP contribution in [0.1, 0.15) is 62.0 Å². The Morgan fingerprint density at radius 3 is 2.31 bits per heavy atom. The summed E-state index contributed by atoms with van der Waals surface area (Å²) in [7, 11) is -2.95. The lowest BCUT2D eigenvalue weighted by atomic mass is 9.92. The smallest absolute Gasteiger partial charge is 0.330 e. The molecule has 0 radical (unpaired) electrons. The lowest BCUT2D eigenvalue weighted by Gasteiger charge is -2.35. The Morgan fingerprint density at radius 2 is 1.72 bits per heavy atom. The summed E-state index contributed by atoms with van der Waals surface area (Å²) in [5.74, 6) is -0.578. The van der Waals surface area contributed by atoms with E-state index in [0.717, 1.165) is 36.8 Å². The van der Waals surface area contributed by atoms with E-state index in [9.17, 15) is 23.1 Å². The molecule has 10 heteroatoms. The Labute approximate surface area is 211 Å². The molecule has 2 amide bonds. The summed E-state index contributed by atoms with van der Waals surface area (Å²) >= 11 is 0. The molecule has 2 fully saturated rings. The van der Waals surface area contributed by atoms with Gasteiger partial charge in [0, 0.05) is 0 Å². The third-order valence-electron chi connectivity index (χ3n) is 7.29. The fourth-order valence-electron chi connectivity index (χ4n) is 5.38. The number of primary amides is 1. The number of carboxylic acids is 1. The molecular weight excluding hydrogens is 484 g/mol. The maximum absolute atomic E-state index is 13.5. The highest BCUT2D eigenvalue weighted by molar-refractivity contribution is 7.89. The van der Waals surface area contributed by atoms with E-state index < -0.39 is 27.6 Å². The van der Waals surface area contributed by atoms with Gasteiger partial charge in [0.15, 0.2) is 17.0 Å². The van der Waals surface area contributed by atoms with Gasteiger partial charge in [-0.15, -0.1) is 0 Å². The molecule has 2 aromatic carbocycles. The normalized spacial score (nSPS) is 22.3. The zero-order chi connectivity index (χ0) is 26.1. The molecule has 194 valence electrons. The predicted molar refractivity (Wildman–Crippen MR) is 133 cm³/mol. The number of hydrogen-bond acceptors (Lipinski definition) is 6. The molecule has 0 spiro atoms. The standard InChI is InChI=1S/C26H32N2O7S/c1-17-7-10-21(11-8-17)36(32,33)28(25(27)31)26(24(29)30)14-13-19(16-26)18-9-12-22(34-2)23(15-18)35-20-5-3-4-6-20/h7-12,15,19-20H,3-6,13-14,16H2,1-2H3,(H2,27,31)(H,29,30)/t19-,26+/m1/s1. The quantitative estimate of drug-likeness (QED) is 0.537. The summed E-state index contributed by atoms with van der Waals surface area (Å²) in [6.45, 7) is 1.79. The third-order valence-corrected chi connectivity index (χ3v) is 9.17. The van der Waals surface area contributed by atoms with Crippen LogP contribution in [0.3, 0.4) is 0 Å². The third kappa shape index (κ3) is 4.74. The van der Waals surface area contributed by atoms with Crippen LogP contribution in [0, 0.1) is 6.92 Å². The number of benzene rings is 2. The number of aliphatic carboxylic acids is 1. The summed E-state index contributed by atoms with van der Waals surface area (Å²) in [4.78, 5) is 25.0. The van der Waals surface area contributed by atoms with Crippen molar-refractivity contribution in [2.45, 2.75) is 74.3 Å². The van der Waals surface area contributed by atoms with Gasteiger partial charge in [0.05, 0.1) is 18.1 Å². The van der Waals surface area contributed by atoms with Crippen molar-refractivity contribution in [2.75, 3.05) is 7.11 Å². The maximum atomic E-state index is 13.5. The van der Waals surface area contributed by atoms with Gasteiger partial charge in [0.25, 0.3) is 10.0 Å². The van der Waals surface area contributed by atoms with Crippen molar-refractivity contribution in [3.8, 4) is 11.5 Å². The summed E-state index contributed by atoms with van der Waals surface area (Å²) < 4.78 is 39.0. The lowest BCUT2D eigenvalue weighted by Crippen LogP contribution is -2.59. The molecule has 2 saturated carbocycles. The molecule has 0 aromatic heterocycles. The van der Waals surface area contributed by atoms with Gasteiger partial charge in [-0.1, -0.05) is 23.8 Å². The molecule has 0 aliphatic heterocycles. The van der Waals surface area contributed by atoms with Crippen molar-refractivity contribution in [3.05, 3.63) is 53.6 Å². The van der Waals surface area contributed by atoms with Crippen LogP contribution in [0.4, 0.5) is 4.79 Å². The van der Waals surface area contributed by atoms with Crippen LogP contribution in [0.2, 0.25) is 0 Å². The van der Waals surface area contributed by atoms with E-state index in [0.29, 0.717) is 22.2 Å². The molecule has 3 N–H and O–H groups in total. The predicted octanol–water partition coefficient (Wildman–Crippen LogP) is 4.19. The van der Waals surface area contributed by atoms with Gasteiger partial charge in [-0.3, -0.25) is 0 Å². The van der Waals surface area contributed by atoms with Crippen molar-refractivity contribution in [2.24, 2.45) is 5.73 Å². The second-order valence-electron chi connectivity index (χ2n) is 9.63. The summed E-state index contributed by atoms with van der Waals surface area (Å²) in [6, 6.07) is 9.97. The summed E-state index contributed by atoms with van der Waals surface area (Å²) in [6.07, 6.45) is 4.42. The van der Waals surface area contributed by atoms with E-state index in [2.05, 4.69) is 0 Å². The topological polar surface area (TPSA) is 136 Å². The van der Waals surface area contributed by atoms with Crippen LogP contribution in [-0.2, 0) is 14.8 Å². The molecule has 2 aliphatic carbocycles. The van der Waals surface area contributed by atoms with E-state index in [1.807, 2.05) is 12.1 Å². The Hall–Kier alpha value is -3.27. The second kappa shape index (κ2) is 10.0. The summed E-state index contributed by atoms with van der Waals surface area (Å²) in [5, 5.41) is 10.3. The monoisotopic (exact) mass is 516 g/mol. The molecule has 2 atom stereocenters. The highest BCUT2D eigenvalue weighted by atomic mass is 32.2. The number of urea groups is 1. The van der Waals surface area contributed by atoms with Crippen molar-refractivity contribution in [1.29, 1.82) is 0 Å². The minimum Gasteiger partial charge on any atom is -0.493 e. The highest BCUT2D eigenvalue weighted by Crippen LogP contribution is 2.48. The number of hydrogen-bond donors (Lipinski definition) is 2. The molecule has 2 aliphatic rings. The van der Waals surface area contributed by atoms with Gasteiger partial charge in [0.2, 0.25) is 0 Å². The van der Waals surface area contributed by atoms with Gasteiger partial charge in [-0.05, 0) is 87.6 Å². The lowest BCUT2D eigenvalue weighted by molar-refractivity contribution is -0.147. The first-order valence-electron chi connectivity index (χ1n) is 12.1. The SMILES string of the molecule is COc1ccc([C@@H]2CC[C@](C(=O)O)(N(C(N)=O)S(=O)(=O)c3ccc(C)cc3)C2)cc1OC1CCCC1. The van der Waals surface area contributed by atoms with Gasteiger partial charge < -0.3 is 20.3 Å². The maximum Gasteiger partial charge on any atom is 0.330 e. The average Bonchev–Trinajstić information content (AvgIpc) is 3.50. The number of amides is 2. The number of carbonyl (C=O) groups is 2.